The Hall–Kier alpha value is -1.51. The van der Waals surface area contributed by atoms with Gasteiger partial charge in [0.2, 0.25) is 0 Å². The van der Waals surface area contributed by atoms with Gasteiger partial charge in [-0.05, 0) is 36.8 Å². The summed E-state index contributed by atoms with van der Waals surface area (Å²) in [4.78, 5) is 0. The highest BCUT2D eigenvalue weighted by Gasteiger charge is 2.09. The molecule has 106 valence electrons. The fourth-order valence-electron chi connectivity index (χ4n) is 1.92. The summed E-state index contributed by atoms with van der Waals surface area (Å²) >= 11 is 6.29. The van der Waals surface area contributed by atoms with E-state index in [0.29, 0.717) is 12.6 Å². The highest BCUT2D eigenvalue weighted by molar-refractivity contribution is 6.31. The van der Waals surface area contributed by atoms with Crippen LogP contribution in [-0.2, 0) is 6.54 Å². The molecule has 0 unspecified atom stereocenters. The lowest BCUT2D eigenvalue weighted by atomic mass is 10.2. The largest absolute Gasteiger partial charge is 0.457 e. The summed E-state index contributed by atoms with van der Waals surface area (Å²) in [7, 11) is 0. The van der Waals surface area contributed by atoms with E-state index in [1.165, 1.54) is 5.56 Å². The minimum atomic E-state index is 0.401. The molecule has 0 aliphatic carbocycles. The maximum atomic E-state index is 6.29. The molecule has 0 fully saturated rings. The summed E-state index contributed by atoms with van der Waals surface area (Å²) in [5.41, 5.74) is 2.16. The summed E-state index contributed by atoms with van der Waals surface area (Å²) < 4.78 is 5.98. The van der Waals surface area contributed by atoms with Crippen molar-refractivity contribution in [1.29, 1.82) is 0 Å². The van der Waals surface area contributed by atoms with Crippen LogP contribution >= 0.6 is 11.6 Å². The van der Waals surface area contributed by atoms with Crippen molar-refractivity contribution >= 4 is 11.6 Å². The summed E-state index contributed by atoms with van der Waals surface area (Å²) in [6, 6.07) is 14.2. The zero-order valence-electron chi connectivity index (χ0n) is 12.1. The number of hydrogen-bond donors (Lipinski definition) is 1. The van der Waals surface area contributed by atoms with Crippen molar-refractivity contribution in [3.05, 3.63) is 58.6 Å². The lowest BCUT2D eigenvalue weighted by molar-refractivity contribution is 0.469. The summed E-state index contributed by atoms with van der Waals surface area (Å²) in [6.07, 6.45) is 0. The number of benzene rings is 2. The molecule has 0 saturated heterocycles. The number of halogens is 1. The molecule has 1 N–H and O–H groups in total. The van der Waals surface area contributed by atoms with Gasteiger partial charge in [-0.15, -0.1) is 0 Å². The summed E-state index contributed by atoms with van der Waals surface area (Å²) in [5, 5.41) is 4.10. The quantitative estimate of drug-likeness (QED) is 0.842. The van der Waals surface area contributed by atoms with Gasteiger partial charge in [0, 0.05) is 23.2 Å². The molecule has 2 nitrogen and oxygen atoms in total. The molecular formula is C17H20ClNO. The third-order valence-corrected chi connectivity index (χ3v) is 3.33. The van der Waals surface area contributed by atoms with Crippen LogP contribution in [0.4, 0.5) is 0 Å². The van der Waals surface area contributed by atoms with E-state index >= 15 is 0 Å². The average molecular weight is 290 g/mol. The van der Waals surface area contributed by atoms with Crippen molar-refractivity contribution in [3.8, 4) is 11.5 Å². The summed E-state index contributed by atoms with van der Waals surface area (Å²) in [6.45, 7) is 6.96. The number of hydrogen-bond acceptors (Lipinski definition) is 2. The van der Waals surface area contributed by atoms with Crippen LogP contribution in [0.5, 0.6) is 11.5 Å². The van der Waals surface area contributed by atoms with Gasteiger partial charge in [-0.3, -0.25) is 0 Å². The lowest BCUT2D eigenvalue weighted by Crippen LogP contribution is -2.22. The van der Waals surface area contributed by atoms with E-state index in [0.717, 1.165) is 22.1 Å². The van der Waals surface area contributed by atoms with E-state index in [1.54, 1.807) is 0 Å². The molecule has 2 aromatic carbocycles. The standard InChI is InChI=1S/C17H20ClNO/c1-12(2)19-11-15-16(18)8-5-9-17(15)20-14-7-4-6-13(3)10-14/h4-10,12,19H,11H2,1-3H3. The molecule has 2 rings (SSSR count). The van der Waals surface area contributed by atoms with Crippen LogP contribution in [0.15, 0.2) is 42.5 Å². The molecule has 0 bridgehead atoms. The van der Waals surface area contributed by atoms with Gasteiger partial charge >= 0.3 is 0 Å². The molecule has 0 aliphatic heterocycles. The van der Waals surface area contributed by atoms with Crippen LogP contribution in [-0.4, -0.2) is 6.04 Å². The molecule has 0 atom stereocenters. The third-order valence-electron chi connectivity index (χ3n) is 2.98. The first kappa shape index (κ1) is 14.9. The topological polar surface area (TPSA) is 21.3 Å². The van der Waals surface area contributed by atoms with Gasteiger partial charge < -0.3 is 10.1 Å². The van der Waals surface area contributed by atoms with E-state index in [9.17, 15) is 0 Å². The predicted octanol–water partition coefficient (Wildman–Crippen LogP) is 4.94. The zero-order chi connectivity index (χ0) is 14.5. The van der Waals surface area contributed by atoms with Crippen molar-refractivity contribution in [2.24, 2.45) is 0 Å². The van der Waals surface area contributed by atoms with Crippen LogP contribution in [0.2, 0.25) is 5.02 Å². The molecule has 20 heavy (non-hydrogen) atoms. The normalized spacial score (nSPS) is 10.8. The van der Waals surface area contributed by atoms with Gasteiger partial charge in [-0.1, -0.05) is 43.6 Å². The minimum absolute atomic E-state index is 0.401. The second-order valence-corrected chi connectivity index (χ2v) is 5.58. The molecule has 0 aliphatic rings. The van der Waals surface area contributed by atoms with E-state index in [2.05, 4.69) is 19.2 Å². The van der Waals surface area contributed by atoms with Crippen molar-refractivity contribution in [2.45, 2.75) is 33.4 Å². The average Bonchev–Trinajstić information content (AvgIpc) is 2.38. The van der Waals surface area contributed by atoms with Gasteiger partial charge in [0.25, 0.3) is 0 Å². The lowest BCUT2D eigenvalue weighted by Gasteiger charge is -2.15. The highest BCUT2D eigenvalue weighted by Crippen LogP contribution is 2.30. The molecule has 2 aromatic rings. The Morgan fingerprint density at radius 3 is 2.60 bits per heavy atom. The second kappa shape index (κ2) is 6.78. The number of aryl methyl sites for hydroxylation is 1. The van der Waals surface area contributed by atoms with Gasteiger partial charge in [-0.25, -0.2) is 0 Å². The Morgan fingerprint density at radius 2 is 1.90 bits per heavy atom. The third kappa shape index (κ3) is 3.99. The van der Waals surface area contributed by atoms with Crippen LogP contribution in [0.3, 0.4) is 0 Å². The second-order valence-electron chi connectivity index (χ2n) is 5.17. The Labute approximate surface area is 125 Å². The van der Waals surface area contributed by atoms with Gasteiger partial charge in [0.1, 0.15) is 11.5 Å². The maximum Gasteiger partial charge on any atom is 0.133 e. The van der Waals surface area contributed by atoms with Gasteiger partial charge in [0.05, 0.1) is 0 Å². The van der Waals surface area contributed by atoms with Crippen molar-refractivity contribution in [1.82, 2.24) is 5.32 Å². The smallest absolute Gasteiger partial charge is 0.133 e. The fourth-order valence-corrected chi connectivity index (χ4v) is 2.15. The molecule has 3 heteroatoms. The minimum Gasteiger partial charge on any atom is -0.457 e. The van der Waals surface area contributed by atoms with Crippen LogP contribution < -0.4 is 10.1 Å². The fraction of sp³-hybridized carbons (Fsp3) is 0.294. The van der Waals surface area contributed by atoms with Gasteiger partial charge in [0.15, 0.2) is 0 Å². The van der Waals surface area contributed by atoms with E-state index in [4.69, 9.17) is 16.3 Å². The van der Waals surface area contributed by atoms with Crippen molar-refractivity contribution < 1.29 is 4.74 Å². The number of rotatable bonds is 5. The molecule has 0 radical (unpaired) electrons. The predicted molar refractivity (Wildman–Crippen MR) is 84.7 cm³/mol. The molecule has 0 aromatic heterocycles. The first-order valence-corrected chi connectivity index (χ1v) is 7.19. The Morgan fingerprint density at radius 1 is 1.15 bits per heavy atom. The van der Waals surface area contributed by atoms with E-state index in [-0.39, 0.29) is 0 Å². The number of ether oxygens (including phenoxy) is 1. The SMILES string of the molecule is Cc1cccc(Oc2cccc(Cl)c2CNC(C)C)c1. The molecule has 0 spiro atoms. The molecular weight excluding hydrogens is 270 g/mol. The van der Waals surface area contributed by atoms with Crippen LogP contribution in [0.1, 0.15) is 25.0 Å². The maximum absolute atomic E-state index is 6.29. The number of nitrogens with one attached hydrogen (secondary N) is 1. The Balaban J connectivity index is 2.24. The van der Waals surface area contributed by atoms with Crippen LogP contribution in [0, 0.1) is 6.92 Å². The van der Waals surface area contributed by atoms with Crippen molar-refractivity contribution in [3.63, 3.8) is 0 Å². The highest BCUT2D eigenvalue weighted by atomic mass is 35.5. The zero-order valence-corrected chi connectivity index (χ0v) is 12.9. The van der Waals surface area contributed by atoms with E-state index < -0.39 is 0 Å². The first-order valence-electron chi connectivity index (χ1n) is 6.81. The Bertz CT molecular complexity index is 581. The Kier molecular flexibility index (Phi) is 5.05. The monoisotopic (exact) mass is 289 g/mol. The molecule has 0 heterocycles. The molecule has 0 amide bonds. The summed E-state index contributed by atoms with van der Waals surface area (Å²) in [5.74, 6) is 1.63. The first-order chi connectivity index (χ1) is 9.56. The molecule has 0 saturated carbocycles. The van der Waals surface area contributed by atoms with Crippen molar-refractivity contribution in [2.75, 3.05) is 0 Å². The van der Waals surface area contributed by atoms with Crippen LogP contribution in [0.25, 0.3) is 0 Å². The van der Waals surface area contributed by atoms with E-state index in [1.807, 2.05) is 49.4 Å². The van der Waals surface area contributed by atoms with Gasteiger partial charge in [-0.2, -0.15) is 0 Å².